The number of aromatic amines is 1. The molecule has 7 heteroatoms. The van der Waals surface area contributed by atoms with Gasteiger partial charge in [-0.05, 0) is 6.42 Å². The molecule has 0 spiro atoms. The largest absolute Gasteiger partial charge is 0.461 e. The van der Waals surface area contributed by atoms with Gasteiger partial charge < -0.3 is 14.8 Å². The molecular formula is C12H15N3O4. The Labute approximate surface area is 108 Å². The number of aromatic nitrogens is 3. The second-order valence-corrected chi connectivity index (χ2v) is 4.02. The van der Waals surface area contributed by atoms with Crippen molar-refractivity contribution in [3.63, 3.8) is 0 Å². The van der Waals surface area contributed by atoms with Gasteiger partial charge in [0.2, 0.25) is 0 Å². The van der Waals surface area contributed by atoms with Crippen molar-refractivity contribution in [2.75, 3.05) is 13.2 Å². The van der Waals surface area contributed by atoms with Gasteiger partial charge in [0, 0.05) is 19.1 Å². The van der Waals surface area contributed by atoms with Gasteiger partial charge in [-0.25, -0.2) is 4.79 Å². The van der Waals surface area contributed by atoms with Gasteiger partial charge in [-0.15, -0.1) is 0 Å². The van der Waals surface area contributed by atoms with E-state index in [1.165, 1.54) is 6.20 Å². The normalized spacial score (nSPS) is 10.8. The van der Waals surface area contributed by atoms with Crippen LogP contribution in [0.1, 0.15) is 29.4 Å². The highest BCUT2D eigenvalue weighted by molar-refractivity contribution is 5.89. The van der Waals surface area contributed by atoms with Crippen LogP contribution in [-0.2, 0) is 11.2 Å². The molecule has 0 aliphatic rings. The number of nitrogens with one attached hydrogen (secondary N) is 1. The smallest absolute Gasteiger partial charge is 0.355 e. The van der Waals surface area contributed by atoms with E-state index >= 15 is 0 Å². The van der Waals surface area contributed by atoms with E-state index in [4.69, 9.17) is 9.84 Å². The Balaban J connectivity index is 2.53. The van der Waals surface area contributed by atoms with E-state index in [1.807, 2.05) is 6.92 Å². The molecule has 19 heavy (non-hydrogen) atoms. The number of nitrogens with zero attached hydrogens (tertiary/aromatic N) is 2. The van der Waals surface area contributed by atoms with Crippen molar-refractivity contribution < 1.29 is 14.6 Å². The van der Waals surface area contributed by atoms with E-state index < -0.39 is 11.5 Å². The number of hydrogen-bond acceptors (Lipinski definition) is 5. The van der Waals surface area contributed by atoms with Crippen LogP contribution < -0.4 is 5.56 Å². The first-order valence-corrected chi connectivity index (χ1v) is 6.06. The van der Waals surface area contributed by atoms with Crippen LogP contribution in [-0.4, -0.2) is 38.9 Å². The van der Waals surface area contributed by atoms with Crippen LogP contribution in [0, 0.1) is 0 Å². The van der Waals surface area contributed by atoms with Crippen LogP contribution in [0.2, 0.25) is 0 Å². The maximum absolute atomic E-state index is 12.1. The molecule has 0 saturated heterocycles. The standard InChI is InChI=1S/C12H15N3O4/c1-2-7-19-12(18)10-8(4-6-16)11(17)15-9(14-10)3-5-13-15/h3,5,14,16H,2,4,6-7H2,1H3. The lowest BCUT2D eigenvalue weighted by Crippen LogP contribution is -2.26. The van der Waals surface area contributed by atoms with Crippen LogP contribution >= 0.6 is 0 Å². The first-order valence-electron chi connectivity index (χ1n) is 6.06. The summed E-state index contributed by atoms with van der Waals surface area (Å²) >= 11 is 0. The van der Waals surface area contributed by atoms with Crippen molar-refractivity contribution in [1.29, 1.82) is 0 Å². The fourth-order valence-corrected chi connectivity index (χ4v) is 1.78. The predicted octanol–water partition coefficient (Wildman–Crippen LogP) is 0.124. The molecule has 2 rings (SSSR count). The van der Waals surface area contributed by atoms with Gasteiger partial charge >= 0.3 is 5.97 Å². The molecule has 2 heterocycles. The zero-order valence-electron chi connectivity index (χ0n) is 10.5. The Bertz CT molecular complexity index is 644. The summed E-state index contributed by atoms with van der Waals surface area (Å²) in [6.07, 6.45) is 2.22. The summed E-state index contributed by atoms with van der Waals surface area (Å²) in [7, 11) is 0. The van der Waals surface area contributed by atoms with Gasteiger partial charge in [0.1, 0.15) is 11.3 Å². The molecule has 0 aromatic carbocycles. The number of hydrogen-bond donors (Lipinski definition) is 2. The van der Waals surface area contributed by atoms with Gasteiger partial charge in [0.15, 0.2) is 0 Å². The number of aliphatic hydroxyl groups is 1. The Hall–Kier alpha value is -2.15. The van der Waals surface area contributed by atoms with E-state index in [-0.39, 0.29) is 30.9 Å². The molecule has 102 valence electrons. The third kappa shape index (κ3) is 2.50. The van der Waals surface area contributed by atoms with Crippen LogP contribution in [0.5, 0.6) is 0 Å². The average molecular weight is 265 g/mol. The fourth-order valence-electron chi connectivity index (χ4n) is 1.78. The van der Waals surface area contributed by atoms with E-state index in [0.29, 0.717) is 12.1 Å². The number of rotatable bonds is 5. The fraction of sp³-hybridized carbons (Fsp3) is 0.417. The minimum absolute atomic E-state index is 0.0711. The molecule has 2 aromatic rings. The summed E-state index contributed by atoms with van der Waals surface area (Å²) in [5.41, 5.74) is 0.256. The van der Waals surface area contributed by atoms with Crippen molar-refractivity contribution in [3.05, 3.63) is 33.9 Å². The highest BCUT2D eigenvalue weighted by Gasteiger charge is 2.19. The van der Waals surface area contributed by atoms with E-state index in [0.717, 1.165) is 4.52 Å². The second-order valence-electron chi connectivity index (χ2n) is 4.02. The summed E-state index contributed by atoms with van der Waals surface area (Å²) < 4.78 is 6.18. The molecule has 7 nitrogen and oxygen atoms in total. The molecule has 0 saturated carbocycles. The monoisotopic (exact) mass is 265 g/mol. The Morgan fingerprint density at radius 1 is 1.58 bits per heavy atom. The number of carbonyl (C=O) groups excluding carboxylic acids is 1. The summed E-state index contributed by atoms with van der Waals surface area (Å²) in [4.78, 5) is 26.9. The van der Waals surface area contributed by atoms with E-state index in [1.54, 1.807) is 6.07 Å². The molecule has 0 aliphatic heterocycles. The Kier molecular flexibility index (Phi) is 3.96. The first-order chi connectivity index (χ1) is 9.19. The number of carbonyl (C=O) groups is 1. The molecule has 2 aromatic heterocycles. The Morgan fingerprint density at radius 3 is 3.05 bits per heavy atom. The summed E-state index contributed by atoms with van der Waals surface area (Å²) in [6.45, 7) is 1.93. The molecule has 0 unspecified atom stereocenters. The lowest BCUT2D eigenvalue weighted by molar-refractivity contribution is 0.0496. The van der Waals surface area contributed by atoms with Crippen LogP contribution in [0.25, 0.3) is 5.65 Å². The quantitative estimate of drug-likeness (QED) is 0.749. The van der Waals surface area contributed by atoms with Crippen molar-refractivity contribution in [2.45, 2.75) is 19.8 Å². The van der Waals surface area contributed by atoms with Crippen molar-refractivity contribution in [3.8, 4) is 0 Å². The molecule has 0 atom stereocenters. The second kappa shape index (κ2) is 5.66. The zero-order chi connectivity index (χ0) is 13.8. The molecule has 0 amide bonds. The third-order valence-corrected chi connectivity index (χ3v) is 2.65. The highest BCUT2D eigenvalue weighted by atomic mass is 16.5. The van der Waals surface area contributed by atoms with E-state index in [9.17, 15) is 9.59 Å². The van der Waals surface area contributed by atoms with Gasteiger partial charge in [-0.3, -0.25) is 4.79 Å². The molecule has 2 N–H and O–H groups in total. The lowest BCUT2D eigenvalue weighted by Gasteiger charge is -2.08. The van der Waals surface area contributed by atoms with Crippen molar-refractivity contribution in [1.82, 2.24) is 14.6 Å². The maximum Gasteiger partial charge on any atom is 0.355 e. The van der Waals surface area contributed by atoms with Crippen LogP contribution in [0.4, 0.5) is 0 Å². The number of ether oxygens (including phenoxy) is 1. The van der Waals surface area contributed by atoms with Crippen molar-refractivity contribution in [2.24, 2.45) is 0 Å². The van der Waals surface area contributed by atoms with E-state index in [2.05, 4.69) is 10.1 Å². The summed E-state index contributed by atoms with van der Waals surface area (Å²) in [6, 6.07) is 1.58. The molecular weight excluding hydrogens is 250 g/mol. The number of aliphatic hydroxyl groups excluding tert-OH is 1. The minimum atomic E-state index is -0.592. The number of fused-ring (bicyclic) bond motifs is 1. The first kappa shape index (κ1) is 13.3. The van der Waals surface area contributed by atoms with Crippen LogP contribution in [0.3, 0.4) is 0 Å². The summed E-state index contributed by atoms with van der Waals surface area (Å²) in [5.74, 6) is -0.592. The molecule has 0 bridgehead atoms. The van der Waals surface area contributed by atoms with Crippen molar-refractivity contribution >= 4 is 11.6 Å². The van der Waals surface area contributed by atoms with Gasteiger partial charge in [0.25, 0.3) is 5.56 Å². The SMILES string of the molecule is CCCOC(=O)c1[nH]c2ccnn2c(=O)c1CCO. The number of esters is 1. The molecule has 0 fully saturated rings. The summed E-state index contributed by atoms with van der Waals surface area (Å²) in [5, 5.41) is 12.9. The maximum atomic E-state index is 12.1. The Morgan fingerprint density at radius 2 is 2.37 bits per heavy atom. The van der Waals surface area contributed by atoms with Gasteiger partial charge in [-0.2, -0.15) is 9.61 Å². The molecule has 0 aliphatic carbocycles. The lowest BCUT2D eigenvalue weighted by atomic mass is 10.1. The minimum Gasteiger partial charge on any atom is -0.461 e. The number of H-pyrrole nitrogens is 1. The van der Waals surface area contributed by atoms with Gasteiger partial charge in [-0.1, -0.05) is 6.92 Å². The molecule has 0 radical (unpaired) electrons. The highest BCUT2D eigenvalue weighted by Crippen LogP contribution is 2.07. The van der Waals surface area contributed by atoms with Crippen LogP contribution in [0.15, 0.2) is 17.1 Å². The predicted molar refractivity (Wildman–Crippen MR) is 67.2 cm³/mol. The third-order valence-electron chi connectivity index (χ3n) is 2.65. The average Bonchev–Trinajstić information content (AvgIpc) is 2.87. The van der Waals surface area contributed by atoms with Gasteiger partial charge in [0.05, 0.1) is 18.4 Å². The zero-order valence-corrected chi connectivity index (χ0v) is 10.5. The topological polar surface area (TPSA) is 96.7 Å².